The van der Waals surface area contributed by atoms with Gasteiger partial charge < -0.3 is 15.5 Å². The van der Waals surface area contributed by atoms with Crippen molar-refractivity contribution in [3.05, 3.63) is 57.6 Å². The van der Waals surface area contributed by atoms with Crippen LogP contribution in [0.3, 0.4) is 0 Å². The number of thiazole rings is 1. The van der Waals surface area contributed by atoms with E-state index in [-0.39, 0.29) is 24.8 Å². The molecule has 5 amide bonds. The number of urea groups is 1. The summed E-state index contributed by atoms with van der Waals surface area (Å²) < 4.78 is 0.937. The summed E-state index contributed by atoms with van der Waals surface area (Å²) in [7, 11) is 0. The molecule has 180 valence electrons. The largest absolute Gasteiger partial charge is 0.326 e. The predicted octanol–water partition coefficient (Wildman–Crippen LogP) is 3.77. The number of nitrogens with one attached hydrogen (secondary N) is 3. The number of aromatic nitrogens is 1. The molecule has 1 saturated heterocycles. The molecule has 0 bridgehead atoms. The Morgan fingerprint density at radius 3 is 2.77 bits per heavy atom. The first-order chi connectivity index (χ1) is 16.6. The monoisotopic (exact) mass is 511 g/mol. The molecular weight excluding hydrogens is 490 g/mol. The van der Waals surface area contributed by atoms with Crippen molar-refractivity contribution in [1.29, 1.82) is 0 Å². The number of imide groups is 1. The summed E-state index contributed by atoms with van der Waals surface area (Å²) in [5.74, 6) is -1.05. The topological polar surface area (TPSA) is 120 Å². The van der Waals surface area contributed by atoms with Gasteiger partial charge in [0.2, 0.25) is 11.8 Å². The van der Waals surface area contributed by atoms with Gasteiger partial charge in [-0.2, -0.15) is 0 Å². The lowest BCUT2D eigenvalue weighted by Gasteiger charge is -2.29. The molecule has 5 rings (SSSR count). The predicted molar refractivity (Wildman–Crippen MR) is 132 cm³/mol. The zero-order valence-electron chi connectivity index (χ0n) is 19.0. The summed E-state index contributed by atoms with van der Waals surface area (Å²) in [4.78, 5) is 55.4. The van der Waals surface area contributed by atoms with Gasteiger partial charge in [-0.05, 0) is 56.2 Å². The number of carbonyl (C=O) groups is 4. The molecule has 1 aromatic heterocycles. The molecule has 3 N–H and O–H groups in total. The summed E-state index contributed by atoms with van der Waals surface area (Å²) in [6.45, 7) is 3.95. The highest BCUT2D eigenvalue weighted by molar-refractivity contribution is 7.18. The Morgan fingerprint density at radius 2 is 2.03 bits per heavy atom. The molecule has 9 nitrogen and oxygen atoms in total. The first-order valence-corrected chi connectivity index (χ1v) is 12.2. The van der Waals surface area contributed by atoms with E-state index in [1.54, 1.807) is 24.3 Å². The molecular formula is C24H22ClN5O4S. The third-order valence-corrected chi connectivity index (χ3v) is 7.76. The minimum Gasteiger partial charge on any atom is -0.326 e. The van der Waals surface area contributed by atoms with E-state index >= 15 is 0 Å². The summed E-state index contributed by atoms with van der Waals surface area (Å²) in [5.41, 5.74) is 1.65. The standard InChI is InChI=1S/C24H22ClN5O4S/c1-24(2,22-28-19-15(25)4-3-5-17(19)35-22)29-23(34)26-13-6-7-14-12(10-13)11-30(21(14)33)16-8-9-18(31)27-20(16)32/h3-7,10,16H,8-9,11H2,1-2H3,(H2,26,29,34)(H,27,31,32). The van der Waals surface area contributed by atoms with Gasteiger partial charge >= 0.3 is 6.03 Å². The highest BCUT2D eigenvalue weighted by Gasteiger charge is 2.39. The first-order valence-electron chi connectivity index (χ1n) is 11.0. The summed E-state index contributed by atoms with van der Waals surface area (Å²) in [5, 5.41) is 9.32. The zero-order chi connectivity index (χ0) is 24.9. The second-order valence-electron chi connectivity index (χ2n) is 9.08. The molecule has 0 spiro atoms. The van der Waals surface area contributed by atoms with Crippen LogP contribution in [-0.4, -0.2) is 39.7 Å². The Hall–Kier alpha value is -3.50. The maximum atomic E-state index is 12.8. The van der Waals surface area contributed by atoms with E-state index in [0.29, 0.717) is 33.8 Å². The van der Waals surface area contributed by atoms with Crippen molar-refractivity contribution in [2.75, 3.05) is 5.32 Å². The molecule has 0 radical (unpaired) electrons. The summed E-state index contributed by atoms with van der Waals surface area (Å²) in [6, 6.07) is 9.47. The molecule has 1 unspecified atom stereocenters. The van der Waals surface area contributed by atoms with Crippen LogP contribution in [0.4, 0.5) is 10.5 Å². The molecule has 0 aliphatic carbocycles. The van der Waals surface area contributed by atoms with Crippen LogP contribution in [0.1, 0.15) is 47.6 Å². The molecule has 35 heavy (non-hydrogen) atoms. The highest BCUT2D eigenvalue weighted by Crippen LogP contribution is 2.33. The minimum atomic E-state index is -0.758. The average molecular weight is 512 g/mol. The third-order valence-electron chi connectivity index (χ3n) is 6.11. The number of carbonyl (C=O) groups excluding carboxylic acids is 4. The number of benzene rings is 2. The van der Waals surface area contributed by atoms with E-state index in [1.807, 2.05) is 26.0 Å². The number of hydrogen-bond acceptors (Lipinski definition) is 6. The van der Waals surface area contributed by atoms with Gasteiger partial charge in [-0.15, -0.1) is 11.3 Å². The van der Waals surface area contributed by atoms with Gasteiger partial charge in [-0.25, -0.2) is 9.78 Å². The smallest absolute Gasteiger partial charge is 0.319 e. The van der Waals surface area contributed by atoms with Crippen LogP contribution in [-0.2, 0) is 21.7 Å². The van der Waals surface area contributed by atoms with Gasteiger partial charge in [-0.1, -0.05) is 17.7 Å². The fourth-order valence-corrected chi connectivity index (χ4v) is 5.66. The molecule has 0 saturated carbocycles. The molecule has 2 aromatic carbocycles. The minimum absolute atomic E-state index is 0.195. The number of amides is 5. The lowest BCUT2D eigenvalue weighted by molar-refractivity contribution is -0.136. The third kappa shape index (κ3) is 4.35. The van der Waals surface area contributed by atoms with Gasteiger partial charge in [0.1, 0.15) is 16.6 Å². The van der Waals surface area contributed by atoms with Crippen molar-refractivity contribution in [2.45, 2.75) is 44.8 Å². The lowest BCUT2D eigenvalue weighted by Crippen LogP contribution is -2.52. The van der Waals surface area contributed by atoms with Gasteiger partial charge in [0.15, 0.2) is 0 Å². The number of fused-ring (bicyclic) bond motifs is 2. The fourth-order valence-electron chi connectivity index (χ4n) is 4.33. The SMILES string of the molecule is CC(C)(NC(=O)Nc1ccc2c(c1)CN(C1CCC(=O)NC1=O)C2=O)c1nc2c(Cl)cccc2s1. The number of rotatable bonds is 4. The number of halogens is 1. The zero-order valence-corrected chi connectivity index (χ0v) is 20.5. The van der Waals surface area contributed by atoms with Gasteiger partial charge in [0.25, 0.3) is 5.91 Å². The van der Waals surface area contributed by atoms with Crippen LogP contribution in [0.25, 0.3) is 10.2 Å². The van der Waals surface area contributed by atoms with Crippen molar-refractivity contribution in [1.82, 2.24) is 20.5 Å². The second kappa shape index (κ2) is 8.62. The highest BCUT2D eigenvalue weighted by atomic mass is 35.5. The average Bonchev–Trinajstić information content (AvgIpc) is 3.36. The second-order valence-corrected chi connectivity index (χ2v) is 10.5. The molecule has 2 aliphatic rings. The normalized spacial score (nSPS) is 18.0. The Bertz CT molecular complexity index is 1400. The van der Waals surface area contributed by atoms with Crippen LogP contribution >= 0.6 is 22.9 Å². The molecule has 1 atom stereocenters. The van der Waals surface area contributed by atoms with E-state index in [1.165, 1.54) is 16.2 Å². The van der Waals surface area contributed by atoms with Crippen LogP contribution in [0.5, 0.6) is 0 Å². The number of nitrogens with zero attached hydrogens (tertiary/aromatic N) is 2. The Kier molecular flexibility index (Phi) is 5.72. The fraction of sp³-hybridized carbons (Fsp3) is 0.292. The molecule has 3 heterocycles. The van der Waals surface area contributed by atoms with Crippen molar-refractivity contribution >= 4 is 62.6 Å². The van der Waals surface area contributed by atoms with Crippen LogP contribution < -0.4 is 16.0 Å². The van der Waals surface area contributed by atoms with E-state index in [0.717, 1.165) is 9.71 Å². The lowest BCUT2D eigenvalue weighted by atomic mass is 10.0. The number of para-hydroxylation sites is 1. The van der Waals surface area contributed by atoms with Crippen LogP contribution in [0, 0.1) is 0 Å². The van der Waals surface area contributed by atoms with Gasteiger partial charge in [0.05, 0.1) is 15.3 Å². The van der Waals surface area contributed by atoms with Crippen LogP contribution in [0.15, 0.2) is 36.4 Å². The van der Waals surface area contributed by atoms with Crippen molar-refractivity contribution in [2.24, 2.45) is 0 Å². The van der Waals surface area contributed by atoms with Crippen molar-refractivity contribution < 1.29 is 19.2 Å². The summed E-state index contributed by atoms with van der Waals surface area (Å²) >= 11 is 7.71. The number of anilines is 1. The van der Waals surface area contributed by atoms with Gasteiger partial charge in [-0.3, -0.25) is 19.7 Å². The van der Waals surface area contributed by atoms with Gasteiger partial charge in [0, 0.05) is 24.2 Å². The van der Waals surface area contributed by atoms with Crippen molar-refractivity contribution in [3.8, 4) is 0 Å². The maximum absolute atomic E-state index is 12.8. The molecule has 2 aliphatic heterocycles. The first kappa shape index (κ1) is 23.3. The summed E-state index contributed by atoms with van der Waals surface area (Å²) in [6.07, 6.45) is 0.490. The van der Waals surface area contributed by atoms with Crippen molar-refractivity contribution in [3.63, 3.8) is 0 Å². The quantitative estimate of drug-likeness (QED) is 0.460. The van der Waals surface area contributed by atoms with E-state index in [2.05, 4.69) is 20.9 Å². The van der Waals surface area contributed by atoms with E-state index in [4.69, 9.17) is 11.6 Å². The number of hydrogen-bond donors (Lipinski definition) is 3. The van der Waals surface area contributed by atoms with E-state index < -0.39 is 23.5 Å². The van der Waals surface area contributed by atoms with Crippen LogP contribution in [0.2, 0.25) is 5.02 Å². The Morgan fingerprint density at radius 1 is 1.23 bits per heavy atom. The Labute approximate surface area is 209 Å². The van der Waals surface area contributed by atoms with E-state index in [9.17, 15) is 19.2 Å². The Balaban J connectivity index is 1.28. The molecule has 1 fully saturated rings. The maximum Gasteiger partial charge on any atom is 0.319 e. The molecule has 3 aromatic rings. The molecule has 11 heteroatoms. The number of piperidine rings is 1.